The van der Waals surface area contributed by atoms with E-state index in [1.807, 2.05) is 0 Å². The fraction of sp³-hybridized carbons (Fsp3) is 0.214. The summed E-state index contributed by atoms with van der Waals surface area (Å²) in [4.78, 5) is 27.8. The molecule has 1 aromatic heterocycles. The summed E-state index contributed by atoms with van der Waals surface area (Å²) in [6, 6.07) is 19.5. The Bertz CT molecular complexity index is 1600. The predicted molar refractivity (Wildman–Crippen MR) is 143 cm³/mol. The molecule has 0 aliphatic carbocycles. The fourth-order valence-corrected chi connectivity index (χ4v) is 5.35. The van der Waals surface area contributed by atoms with Crippen molar-refractivity contribution in [3.05, 3.63) is 99.8 Å². The van der Waals surface area contributed by atoms with E-state index >= 15 is 0 Å². The molecule has 0 saturated carbocycles. The standard InChI is InChI=1S/C28H28N2O7S/c1-4-37-28(32)20-8-13-25(14-9-20)38(33,34)30(17-19-5-10-23(35-2)11-6-19)18-22-15-21-7-12-24(36-3)16-26(21)29-27(22)31/h5-16H,4,17-18H2,1-3H3,(H,29,31). The molecule has 4 rings (SSSR count). The van der Waals surface area contributed by atoms with E-state index in [1.54, 1.807) is 62.6 Å². The number of esters is 1. The molecule has 0 atom stereocenters. The number of fused-ring (bicyclic) bond motifs is 1. The van der Waals surface area contributed by atoms with Crippen molar-refractivity contribution in [2.24, 2.45) is 0 Å². The van der Waals surface area contributed by atoms with Crippen LogP contribution < -0.4 is 15.0 Å². The summed E-state index contributed by atoms with van der Waals surface area (Å²) in [6.07, 6.45) is 0. The highest BCUT2D eigenvalue weighted by atomic mass is 32.2. The van der Waals surface area contributed by atoms with Crippen molar-refractivity contribution < 1.29 is 27.4 Å². The smallest absolute Gasteiger partial charge is 0.338 e. The minimum absolute atomic E-state index is 0.00600. The summed E-state index contributed by atoms with van der Waals surface area (Å²) in [5.74, 6) is 0.695. The third-order valence-electron chi connectivity index (χ3n) is 6.00. The number of hydrogen-bond donors (Lipinski definition) is 1. The second-order valence-electron chi connectivity index (χ2n) is 8.44. The van der Waals surface area contributed by atoms with Crippen molar-refractivity contribution in [2.45, 2.75) is 24.9 Å². The molecule has 1 N–H and O–H groups in total. The van der Waals surface area contributed by atoms with E-state index in [2.05, 4.69) is 4.98 Å². The number of nitrogens with zero attached hydrogens (tertiary/aromatic N) is 1. The maximum atomic E-state index is 13.8. The molecule has 38 heavy (non-hydrogen) atoms. The SMILES string of the molecule is CCOC(=O)c1ccc(S(=O)(=O)N(Cc2ccc(OC)cc2)Cc2cc3ccc(OC)cc3[nH]c2=O)cc1. The van der Waals surface area contributed by atoms with Crippen LogP contribution in [0.25, 0.3) is 10.9 Å². The number of sulfonamides is 1. The van der Waals surface area contributed by atoms with Gasteiger partial charge >= 0.3 is 5.97 Å². The quantitative estimate of drug-likeness (QED) is 0.303. The number of aromatic amines is 1. The van der Waals surface area contributed by atoms with Gasteiger partial charge in [0.2, 0.25) is 10.0 Å². The number of carbonyl (C=O) groups excluding carboxylic acids is 1. The normalized spacial score (nSPS) is 11.5. The molecule has 9 nitrogen and oxygen atoms in total. The number of rotatable bonds is 10. The van der Waals surface area contributed by atoms with Crippen molar-refractivity contribution >= 4 is 26.9 Å². The van der Waals surface area contributed by atoms with Gasteiger partial charge in [-0.15, -0.1) is 0 Å². The molecule has 1 heterocycles. The summed E-state index contributed by atoms with van der Waals surface area (Å²) in [5, 5.41) is 0.737. The van der Waals surface area contributed by atoms with Gasteiger partial charge in [-0.2, -0.15) is 4.31 Å². The van der Waals surface area contributed by atoms with Crippen LogP contribution in [0, 0.1) is 0 Å². The number of hydrogen-bond acceptors (Lipinski definition) is 7. The summed E-state index contributed by atoms with van der Waals surface area (Å²) in [6.45, 7) is 1.73. The first-order valence-electron chi connectivity index (χ1n) is 11.9. The predicted octanol–water partition coefficient (Wildman–Crippen LogP) is 4.11. The Balaban J connectivity index is 1.72. The third-order valence-corrected chi connectivity index (χ3v) is 7.80. The van der Waals surface area contributed by atoms with Crippen molar-refractivity contribution in [1.29, 1.82) is 0 Å². The van der Waals surface area contributed by atoms with Gasteiger partial charge in [-0.3, -0.25) is 4.79 Å². The minimum atomic E-state index is -4.07. The molecule has 198 valence electrons. The van der Waals surface area contributed by atoms with Crippen LogP contribution in [0.1, 0.15) is 28.4 Å². The second-order valence-corrected chi connectivity index (χ2v) is 10.4. The third kappa shape index (κ3) is 5.87. The first-order valence-corrected chi connectivity index (χ1v) is 13.3. The van der Waals surface area contributed by atoms with Gasteiger partial charge in [-0.05, 0) is 72.5 Å². The van der Waals surface area contributed by atoms with E-state index in [0.717, 1.165) is 5.39 Å². The highest BCUT2D eigenvalue weighted by molar-refractivity contribution is 7.89. The van der Waals surface area contributed by atoms with E-state index in [4.69, 9.17) is 14.2 Å². The minimum Gasteiger partial charge on any atom is -0.497 e. The maximum absolute atomic E-state index is 13.8. The molecule has 0 radical (unpaired) electrons. The Morgan fingerprint density at radius 1 is 0.868 bits per heavy atom. The Morgan fingerprint density at radius 3 is 2.16 bits per heavy atom. The van der Waals surface area contributed by atoms with Crippen LogP contribution >= 0.6 is 0 Å². The molecular weight excluding hydrogens is 508 g/mol. The van der Waals surface area contributed by atoms with E-state index in [9.17, 15) is 18.0 Å². The summed E-state index contributed by atoms with van der Waals surface area (Å²) >= 11 is 0. The van der Waals surface area contributed by atoms with Crippen LogP contribution in [0.2, 0.25) is 0 Å². The number of pyridine rings is 1. The molecule has 3 aromatic carbocycles. The highest BCUT2D eigenvalue weighted by Gasteiger charge is 2.26. The second kappa shape index (κ2) is 11.5. The number of methoxy groups -OCH3 is 2. The highest BCUT2D eigenvalue weighted by Crippen LogP contribution is 2.24. The zero-order valence-corrected chi connectivity index (χ0v) is 22.1. The van der Waals surface area contributed by atoms with E-state index in [0.29, 0.717) is 22.6 Å². The van der Waals surface area contributed by atoms with Gasteiger partial charge in [0, 0.05) is 24.7 Å². The molecule has 0 unspecified atom stereocenters. The lowest BCUT2D eigenvalue weighted by Gasteiger charge is -2.23. The molecule has 0 amide bonds. The average molecular weight is 537 g/mol. The molecule has 0 bridgehead atoms. The van der Waals surface area contributed by atoms with Crippen LogP contribution in [0.5, 0.6) is 11.5 Å². The molecule has 0 spiro atoms. The molecule has 0 saturated heterocycles. The average Bonchev–Trinajstić information content (AvgIpc) is 2.93. The van der Waals surface area contributed by atoms with Crippen LogP contribution in [0.3, 0.4) is 0 Å². The van der Waals surface area contributed by atoms with Crippen LogP contribution in [0.15, 0.2) is 82.5 Å². The maximum Gasteiger partial charge on any atom is 0.338 e. The summed E-state index contributed by atoms with van der Waals surface area (Å²) in [5.41, 5.74) is 1.41. The van der Waals surface area contributed by atoms with Crippen LogP contribution in [-0.2, 0) is 27.8 Å². The molecule has 4 aromatic rings. The van der Waals surface area contributed by atoms with E-state index in [1.165, 1.54) is 35.7 Å². The van der Waals surface area contributed by atoms with Gasteiger partial charge in [-0.1, -0.05) is 12.1 Å². The molecule has 0 aliphatic heterocycles. The van der Waals surface area contributed by atoms with Crippen molar-refractivity contribution in [2.75, 3.05) is 20.8 Å². The molecular formula is C28H28N2O7S. The van der Waals surface area contributed by atoms with Gasteiger partial charge in [0.15, 0.2) is 0 Å². The Morgan fingerprint density at radius 2 is 1.53 bits per heavy atom. The van der Waals surface area contributed by atoms with Crippen molar-refractivity contribution in [1.82, 2.24) is 9.29 Å². The van der Waals surface area contributed by atoms with Crippen LogP contribution in [-0.4, -0.2) is 44.5 Å². The lowest BCUT2D eigenvalue weighted by Crippen LogP contribution is -2.32. The van der Waals surface area contributed by atoms with Gasteiger partial charge in [0.1, 0.15) is 11.5 Å². The largest absolute Gasteiger partial charge is 0.497 e. The molecule has 0 aliphatic rings. The number of benzene rings is 3. The lowest BCUT2D eigenvalue weighted by atomic mass is 10.1. The van der Waals surface area contributed by atoms with Crippen molar-refractivity contribution in [3.63, 3.8) is 0 Å². The number of ether oxygens (including phenoxy) is 3. The number of carbonyl (C=O) groups is 1. The first-order chi connectivity index (χ1) is 18.2. The summed E-state index contributed by atoms with van der Waals surface area (Å²) in [7, 11) is -0.986. The Labute approximate surface area is 220 Å². The van der Waals surface area contributed by atoms with Gasteiger partial charge in [-0.25, -0.2) is 13.2 Å². The van der Waals surface area contributed by atoms with Gasteiger partial charge in [0.05, 0.1) is 36.8 Å². The van der Waals surface area contributed by atoms with E-state index in [-0.39, 0.29) is 35.7 Å². The lowest BCUT2D eigenvalue weighted by molar-refractivity contribution is 0.0526. The first kappa shape index (κ1) is 26.9. The molecule has 10 heteroatoms. The zero-order valence-electron chi connectivity index (χ0n) is 21.3. The van der Waals surface area contributed by atoms with E-state index < -0.39 is 21.6 Å². The summed E-state index contributed by atoms with van der Waals surface area (Å²) < 4.78 is 44.2. The van der Waals surface area contributed by atoms with Gasteiger partial charge in [0.25, 0.3) is 5.56 Å². The number of nitrogens with one attached hydrogen (secondary N) is 1. The topological polar surface area (TPSA) is 115 Å². The Hall–Kier alpha value is -4.15. The van der Waals surface area contributed by atoms with Crippen LogP contribution in [0.4, 0.5) is 0 Å². The monoisotopic (exact) mass is 536 g/mol. The van der Waals surface area contributed by atoms with Gasteiger partial charge < -0.3 is 19.2 Å². The molecule has 0 fully saturated rings. The van der Waals surface area contributed by atoms with Crippen molar-refractivity contribution in [3.8, 4) is 11.5 Å². The Kier molecular flexibility index (Phi) is 8.13. The number of aromatic nitrogens is 1. The zero-order chi connectivity index (χ0) is 27.3. The fourth-order valence-electron chi connectivity index (χ4n) is 3.95. The number of H-pyrrole nitrogens is 1.